The number of carbonyl (C=O) groups is 2. The van der Waals surface area contributed by atoms with Crippen molar-refractivity contribution in [3.8, 4) is 11.4 Å². The first kappa shape index (κ1) is 20.7. The van der Waals surface area contributed by atoms with Crippen LogP contribution in [0, 0.1) is 13.8 Å². The number of thiophene rings is 1. The van der Waals surface area contributed by atoms with Crippen molar-refractivity contribution in [2.45, 2.75) is 40.7 Å². The summed E-state index contributed by atoms with van der Waals surface area (Å²) in [5.41, 5.74) is 3.28. The van der Waals surface area contributed by atoms with Gasteiger partial charge in [-0.15, -0.1) is 21.5 Å². The number of aryl methyl sites for hydroxylation is 2. The van der Waals surface area contributed by atoms with E-state index >= 15 is 0 Å². The van der Waals surface area contributed by atoms with E-state index in [-0.39, 0.29) is 19.1 Å². The van der Waals surface area contributed by atoms with Gasteiger partial charge in [-0.05, 0) is 38.0 Å². The molecule has 9 heteroatoms. The molecule has 0 saturated heterocycles. The summed E-state index contributed by atoms with van der Waals surface area (Å²) in [6.45, 7) is 7.81. The van der Waals surface area contributed by atoms with Crippen LogP contribution in [0.4, 0.5) is 5.00 Å². The molecule has 152 valence electrons. The number of rotatable bonds is 7. The first-order valence-corrected chi connectivity index (χ1v) is 10.2. The van der Waals surface area contributed by atoms with Gasteiger partial charge in [0.05, 0.1) is 12.2 Å². The van der Waals surface area contributed by atoms with Crippen molar-refractivity contribution in [1.82, 2.24) is 20.2 Å². The summed E-state index contributed by atoms with van der Waals surface area (Å²) in [6, 6.07) is 7.74. The van der Waals surface area contributed by atoms with E-state index in [4.69, 9.17) is 4.74 Å². The molecule has 2 aromatic heterocycles. The van der Waals surface area contributed by atoms with Gasteiger partial charge in [0, 0.05) is 10.4 Å². The average molecular weight is 414 g/mol. The van der Waals surface area contributed by atoms with Crippen LogP contribution in [0.5, 0.6) is 0 Å². The van der Waals surface area contributed by atoms with Gasteiger partial charge in [0.25, 0.3) is 0 Å². The number of benzene rings is 1. The fourth-order valence-corrected chi connectivity index (χ4v) is 4.08. The fraction of sp³-hybridized carbons (Fsp3) is 0.350. The van der Waals surface area contributed by atoms with Gasteiger partial charge in [0.2, 0.25) is 11.7 Å². The Morgan fingerprint density at radius 1 is 1.17 bits per heavy atom. The predicted octanol–water partition coefficient (Wildman–Crippen LogP) is 3.40. The maximum atomic E-state index is 12.5. The van der Waals surface area contributed by atoms with Gasteiger partial charge in [-0.1, -0.05) is 36.8 Å². The van der Waals surface area contributed by atoms with E-state index in [1.54, 1.807) is 6.92 Å². The topological polar surface area (TPSA) is 99.0 Å². The molecule has 0 unspecified atom stereocenters. The molecule has 1 amide bonds. The van der Waals surface area contributed by atoms with E-state index in [2.05, 4.69) is 20.7 Å². The summed E-state index contributed by atoms with van der Waals surface area (Å²) in [6.07, 6.45) is 0.677. The first-order chi connectivity index (χ1) is 13.9. The van der Waals surface area contributed by atoms with E-state index in [1.807, 2.05) is 45.0 Å². The van der Waals surface area contributed by atoms with Gasteiger partial charge in [0.15, 0.2) is 0 Å². The summed E-state index contributed by atoms with van der Waals surface area (Å²) in [5.74, 6) is -0.318. The largest absolute Gasteiger partial charge is 0.462 e. The molecule has 3 rings (SSSR count). The lowest BCUT2D eigenvalue weighted by atomic mass is 10.1. The normalized spacial score (nSPS) is 10.8. The quantitative estimate of drug-likeness (QED) is 0.596. The van der Waals surface area contributed by atoms with E-state index < -0.39 is 5.97 Å². The van der Waals surface area contributed by atoms with Crippen molar-refractivity contribution in [3.05, 3.63) is 45.8 Å². The third-order valence-electron chi connectivity index (χ3n) is 4.34. The molecule has 3 aromatic rings. The van der Waals surface area contributed by atoms with Crippen molar-refractivity contribution in [2.24, 2.45) is 0 Å². The van der Waals surface area contributed by atoms with Crippen molar-refractivity contribution >= 4 is 28.2 Å². The lowest BCUT2D eigenvalue weighted by Crippen LogP contribution is -2.21. The van der Waals surface area contributed by atoms with Gasteiger partial charge in [-0.2, -0.15) is 4.80 Å². The Labute approximate surface area is 172 Å². The molecular weight excluding hydrogens is 390 g/mol. The Hall–Kier alpha value is -3.07. The molecule has 0 aliphatic carbocycles. The summed E-state index contributed by atoms with van der Waals surface area (Å²) in [7, 11) is 0. The Morgan fingerprint density at radius 2 is 1.90 bits per heavy atom. The number of amides is 1. The van der Waals surface area contributed by atoms with Crippen LogP contribution in [-0.4, -0.2) is 38.7 Å². The number of tetrazole rings is 1. The second-order valence-corrected chi connectivity index (χ2v) is 7.70. The molecule has 2 heterocycles. The van der Waals surface area contributed by atoms with Crippen LogP contribution in [-0.2, 0) is 22.5 Å². The third kappa shape index (κ3) is 4.68. The molecule has 1 N–H and O–H groups in total. The number of aromatic nitrogens is 4. The minimum atomic E-state index is -0.426. The van der Waals surface area contributed by atoms with Crippen LogP contribution in [0.15, 0.2) is 24.3 Å². The van der Waals surface area contributed by atoms with Crippen LogP contribution in [0.1, 0.15) is 40.2 Å². The maximum Gasteiger partial charge on any atom is 0.341 e. The van der Waals surface area contributed by atoms with E-state index in [1.165, 1.54) is 16.1 Å². The van der Waals surface area contributed by atoms with Gasteiger partial charge in [-0.3, -0.25) is 4.79 Å². The number of ether oxygens (including phenoxy) is 1. The highest BCUT2D eigenvalue weighted by atomic mass is 32.1. The Bertz CT molecular complexity index is 1020. The summed E-state index contributed by atoms with van der Waals surface area (Å²) >= 11 is 1.36. The highest BCUT2D eigenvalue weighted by Gasteiger charge is 2.23. The van der Waals surface area contributed by atoms with Crippen molar-refractivity contribution < 1.29 is 14.3 Å². The minimum Gasteiger partial charge on any atom is -0.462 e. The molecule has 0 spiro atoms. The van der Waals surface area contributed by atoms with E-state index in [0.29, 0.717) is 22.8 Å². The van der Waals surface area contributed by atoms with Crippen LogP contribution in [0.2, 0.25) is 0 Å². The smallest absolute Gasteiger partial charge is 0.341 e. The maximum absolute atomic E-state index is 12.5. The number of hydrogen-bond acceptors (Lipinski definition) is 7. The highest BCUT2D eigenvalue weighted by Crippen LogP contribution is 2.34. The molecule has 0 fully saturated rings. The predicted molar refractivity (Wildman–Crippen MR) is 111 cm³/mol. The standard InChI is InChI=1S/C20H23N5O3S/c1-5-15-13(4)29-19(17(15)20(27)28-6-2)21-16(26)11-25-23-18(22-24-25)14-9-7-12(3)8-10-14/h7-10H,5-6,11H2,1-4H3,(H,21,26). The van der Waals surface area contributed by atoms with Crippen LogP contribution in [0.25, 0.3) is 11.4 Å². The lowest BCUT2D eigenvalue weighted by Gasteiger charge is -2.07. The molecule has 1 aromatic carbocycles. The number of hydrogen-bond donors (Lipinski definition) is 1. The minimum absolute atomic E-state index is 0.112. The second-order valence-electron chi connectivity index (χ2n) is 6.47. The molecular formula is C20H23N5O3S. The molecule has 0 saturated carbocycles. The molecule has 29 heavy (non-hydrogen) atoms. The van der Waals surface area contributed by atoms with E-state index in [9.17, 15) is 9.59 Å². The second kappa shape index (κ2) is 8.95. The molecule has 0 aliphatic rings. The van der Waals surface area contributed by atoms with Crippen molar-refractivity contribution in [1.29, 1.82) is 0 Å². The first-order valence-electron chi connectivity index (χ1n) is 9.37. The number of esters is 1. The number of nitrogens with zero attached hydrogens (tertiary/aromatic N) is 4. The van der Waals surface area contributed by atoms with Crippen LogP contribution in [0.3, 0.4) is 0 Å². The molecule has 8 nitrogen and oxygen atoms in total. The average Bonchev–Trinajstić information content (AvgIpc) is 3.26. The fourth-order valence-electron chi connectivity index (χ4n) is 2.93. The van der Waals surface area contributed by atoms with Crippen molar-refractivity contribution in [3.63, 3.8) is 0 Å². The monoisotopic (exact) mass is 413 g/mol. The molecule has 0 aliphatic heterocycles. The Morgan fingerprint density at radius 3 is 2.55 bits per heavy atom. The highest BCUT2D eigenvalue weighted by molar-refractivity contribution is 7.16. The number of nitrogens with one attached hydrogen (secondary N) is 1. The summed E-state index contributed by atoms with van der Waals surface area (Å²) < 4.78 is 5.16. The zero-order valence-electron chi connectivity index (χ0n) is 16.9. The molecule has 0 radical (unpaired) electrons. The SMILES string of the molecule is CCOC(=O)c1c(NC(=O)Cn2nnc(-c3ccc(C)cc3)n2)sc(C)c1CC. The van der Waals surface area contributed by atoms with Gasteiger partial charge in [0.1, 0.15) is 11.5 Å². The number of carbonyl (C=O) groups excluding carboxylic acids is 2. The van der Waals surface area contributed by atoms with Crippen molar-refractivity contribution in [2.75, 3.05) is 11.9 Å². The Balaban J connectivity index is 1.75. The third-order valence-corrected chi connectivity index (χ3v) is 5.41. The number of anilines is 1. The molecule has 0 bridgehead atoms. The molecule has 0 atom stereocenters. The van der Waals surface area contributed by atoms with E-state index in [0.717, 1.165) is 21.6 Å². The van der Waals surface area contributed by atoms with Crippen LogP contribution >= 0.6 is 11.3 Å². The summed E-state index contributed by atoms with van der Waals surface area (Å²) in [4.78, 5) is 27.1. The van der Waals surface area contributed by atoms with Crippen LogP contribution < -0.4 is 5.32 Å². The zero-order valence-corrected chi connectivity index (χ0v) is 17.7. The van der Waals surface area contributed by atoms with Gasteiger partial charge >= 0.3 is 5.97 Å². The lowest BCUT2D eigenvalue weighted by molar-refractivity contribution is -0.117. The van der Waals surface area contributed by atoms with Gasteiger partial charge in [-0.25, -0.2) is 4.79 Å². The van der Waals surface area contributed by atoms with Gasteiger partial charge < -0.3 is 10.1 Å². The zero-order chi connectivity index (χ0) is 21.0. The Kier molecular flexibility index (Phi) is 6.38. The summed E-state index contributed by atoms with van der Waals surface area (Å²) in [5, 5.41) is 15.5.